The van der Waals surface area contributed by atoms with Crippen LogP contribution in [0.2, 0.25) is 0 Å². The maximum Gasteiger partial charge on any atom is 0.134 e. The normalized spacial score (nSPS) is 13.0. The molecule has 2 aromatic rings. The fourth-order valence-electron chi connectivity index (χ4n) is 2.29. The van der Waals surface area contributed by atoms with E-state index in [1.54, 1.807) is 6.07 Å². The summed E-state index contributed by atoms with van der Waals surface area (Å²) in [6.07, 6.45) is 5.68. The summed E-state index contributed by atoms with van der Waals surface area (Å²) >= 11 is 0. The van der Waals surface area contributed by atoms with E-state index in [0.717, 1.165) is 24.0 Å². The molecular formula is C15H21FN2O. The number of nitrogens with one attached hydrogen (secondary N) is 1. The lowest BCUT2D eigenvalue weighted by Crippen LogP contribution is -2.27. The minimum Gasteiger partial charge on any atom is -0.459 e. The van der Waals surface area contributed by atoms with Gasteiger partial charge >= 0.3 is 0 Å². The molecule has 19 heavy (non-hydrogen) atoms. The third-order valence-electron chi connectivity index (χ3n) is 3.39. The van der Waals surface area contributed by atoms with Crippen molar-refractivity contribution in [2.24, 2.45) is 5.84 Å². The highest BCUT2D eigenvalue weighted by molar-refractivity contribution is 5.78. The molecule has 4 heteroatoms. The zero-order chi connectivity index (χ0) is 13.7. The van der Waals surface area contributed by atoms with Gasteiger partial charge in [0.2, 0.25) is 0 Å². The number of fused-ring (bicyclic) bond motifs is 1. The largest absolute Gasteiger partial charge is 0.459 e. The van der Waals surface area contributed by atoms with Crippen LogP contribution in [0.5, 0.6) is 0 Å². The standard InChI is InChI=1S/C15H21FN2O/c1-2-3-4-5-6-13(18-17)15-10-11-9-12(16)7-8-14(11)19-15/h7-10,13,18H,2-6,17H2,1H3. The van der Waals surface area contributed by atoms with Crippen molar-refractivity contribution in [1.29, 1.82) is 0 Å². The summed E-state index contributed by atoms with van der Waals surface area (Å²) in [5, 5.41) is 0.781. The number of hydrazine groups is 1. The van der Waals surface area contributed by atoms with Crippen LogP contribution in [0.15, 0.2) is 28.7 Å². The summed E-state index contributed by atoms with van der Waals surface area (Å²) < 4.78 is 18.9. The van der Waals surface area contributed by atoms with Gasteiger partial charge in [0.1, 0.15) is 17.2 Å². The van der Waals surface area contributed by atoms with Gasteiger partial charge in [-0.1, -0.05) is 32.6 Å². The number of rotatable bonds is 7. The summed E-state index contributed by atoms with van der Waals surface area (Å²) in [6, 6.07) is 6.39. The highest BCUT2D eigenvalue weighted by Crippen LogP contribution is 2.27. The molecule has 1 aromatic heterocycles. The zero-order valence-electron chi connectivity index (χ0n) is 11.3. The maximum absolute atomic E-state index is 13.1. The molecule has 0 amide bonds. The van der Waals surface area contributed by atoms with E-state index in [1.165, 1.54) is 31.4 Å². The fourth-order valence-corrected chi connectivity index (χ4v) is 2.29. The number of halogens is 1. The Labute approximate surface area is 112 Å². The number of furan rings is 1. The Morgan fingerprint density at radius 1 is 1.26 bits per heavy atom. The van der Waals surface area contributed by atoms with Crippen LogP contribution in [-0.2, 0) is 0 Å². The predicted molar refractivity (Wildman–Crippen MR) is 75.0 cm³/mol. The minimum atomic E-state index is -0.250. The SMILES string of the molecule is CCCCCCC(NN)c1cc2cc(F)ccc2o1. The highest BCUT2D eigenvalue weighted by Gasteiger charge is 2.14. The van der Waals surface area contributed by atoms with Gasteiger partial charge in [-0.05, 0) is 30.7 Å². The molecule has 1 heterocycles. The summed E-state index contributed by atoms with van der Waals surface area (Å²) in [5.41, 5.74) is 3.48. The van der Waals surface area contributed by atoms with Crippen molar-refractivity contribution >= 4 is 11.0 Å². The van der Waals surface area contributed by atoms with Gasteiger partial charge < -0.3 is 4.42 Å². The van der Waals surface area contributed by atoms with Crippen LogP contribution in [0.3, 0.4) is 0 Å². The molecule has 1 unspecified atom stereocenters. The van der Waals surface area contributed by atoms with Gasteiger partial charge in [-0.15, -0.1) is 0 Å². The lowest BCUT2D eigenvalue weighted by molar-refractivity contribution is 0.403. The maximum atomic E-state index is 13.1. The Kier molecular flexibility index (Phi) is 4.93. The number of benzene rings is 1. The lowest BCUT2D eigenvalue weighted by atomic mass is 10.1. The smallest absolute Gasteiger partial charge is 0.134 e. The summed E-state index contributed by atoms with van der Waals surface area (Å²) in [7, 11) is 0. The van der Waals surface area contributed by atoms with Gasteiger partial charge in [0.05, 0.1) is 6.04 Å². The summed E-state index contributed by atoms with van der Waals surface area (Å²) in [5.74, 6) is 6.11. The van der Waals surface area contributed by atoms with Crippen molar-refractivity contribution in [3.05, 3.63) is 35.8 Å². The van der Waals surface area contributed by atoms with E-state index in [1.807, 2.05) is 6.07 Å². The van der Waals surface area contributed by atoms with Crippen molar-refractivity contribution < 1.29 is 8.81 Å². The molecule has 0 saturated carbocycles. The number of nitrogens with two attached hydrogens (primary N) is 1. The average Bonchev–Trinajstić information content (AvgIpc) is 2.81. The molecular weight excluding hydrogens is 243 g/mol. The van der Waals surface area contributed by atoms with Crippen LogP contribution in [0.25, 0.3) is 11.0 Å². The monoisotopic (exact) mass is 264 g/mol. The Balaban J connectivity index is 2.07. The van der Waals surface area contributed by atoms with Gasteiger partial charge in [0.15, 0.2) is 0 Å². The van der Waals surface area contributed by atoms with Gasteiger partial charge in [0, 0.05) is 5.39 Å². The first-order valence-corrected chi connectivity index (χ1v) is 6.89. The topological polar surface area (TPSA) is 51.2 Å². The first-order valence-electron chi connectivity index (χ1n) is 6.89. The van der Waals surface area contributed by atoms with Crippen molar-refractivity contribution in [1.82, 2.24) is 5.43 Å². The van der Waals surface area contributed by atoms with Gasteiger partial charge in [-0.2, -0.15) is 0 Å². The number of hydrogen-bond donors (Lipinski definition) is 2. The van der Waals surface area contributed by atoms with Crippen LogP contribution in [0.4, 0.5) is 4.39 Å². The molecule has 104 valence electrons. The van der Waals surface area contributed by atoms with E-state index in [-0.39, 0.29) is 11.9 Å². The van der Waals surface area contributed by atoms with E-state index >= 15 is 0 Å². The Morgan fingerprint density at radius 2 is 2.11 bits per heavy atom. The third-order valence-corrected chi connectivity index (χ3v) is 3.39. The van der Waals surface area contributed by atoms with E-state index in [4.69, 9.17) is 10.3 Å². The molecule has 3 N–H and O–H groups in total. The van der Waals surface area contributed by atoms with E-state index in [0.29, 0.717) is 5.58 Å². The van der Waals surface area contributed by atoms with Crippen molar-refractivity contribution in [2.75, 3.05) is 0 Å². The van der Waals surface area contributed by atoms with E-state index in [2.05, 4.69) is 12.3 Å². The molecule has 1 aromatic carbocycles. The number of hydrogen-bond acceptors (Lipinski definition) is 3. The lowest BCUT2D eigenvalue weighted by Gasteiger charge is -2.12. The molecule has 0 spiro atoms. The molecule has 0 saturated heterocycles. The molecule has 1 atom stereocenters. The molecule has 0 aliphatic rings. The van der Waals surface area contributed by atoms with E-state index < -0.39 is 0 Å². The molecule has 3 nitrogen and oxygen atoms in total. The fraction of sp³-hybridized carbons (Fsp3) is 0.467. The summed E-state index contributed by atoms with van der Waals surface area (Å²) in [6.45, 7) is 2.19. The second kappa shape index (κ2) is 6.68. The number of unbranched alkanes of at least 4 members (excludes halogenated alkanes) is 3. The Hall–Kier alpha value is -1.39. The van der Waals surface area contributed by atoms with Crippen LogP contribution in [0.1, 0.15) is 50.8 Å². The van der Waals surface area contributed by atoms with Gasteiger partial charge in [-0.3, -0.25) is 5.84 Å². The predicted octanol–water partition coefficient (Wildman–Crippen LogP) is 4.05. The first kappa shape index (κ1) is 14.0. The van der Waals surface area contributed by atoms with Crippen molar-refractivity contribution in [3.63, 3.8) is 0 Å². The second-order valence-electron chi connectivity index (χ2n) is 4.90. The molecule has 0 bridgehead atoms. The highest BCUT2D eigenvalue weighted by atomic mass is 19.1. The van der Waals surface area contributed by atoms with E-state index in [9.17, 15) is 4.39 Å². The minimum absolute atomic E-state index is 0.00711. The van der Waals surface area contributed by atoms with Crippen molar-refractivity contribution in [3.8, 4) is 0 Å². The van der Waals surface area contributed by atoms with Crippen LogP contribution >= 0.6 is 0 Å². The van der Waals surface area contributed by atoms with Crippen LogP contribution < -0.4 is 11.3 Å². The molecule has 0 aliphatic heterocycles. The van der Waals surface area contributed by atoms with Crippen molar-refractivity contribution in [2.45, 2.75) is 45.1 Å². The van der Waals surface area contributed by atoms with Gasteiger partial charge in [-0.25, -0.2) is 9.82 Å². The van der Waals surface area contributed by atoms with Crippen LogP contribution in [-0.4, -0.2) is 0 Å². The average molecular weight is 264 g/mol. The zero-order valence-corrected chi connectivity index (χ0v) is 11.3. The Morgan fingerprint density at radius 3 is 2.84 bits per heavy atom. The Bertz CT molecular complexity index is 524. The quantitative estimate of drug-likeness (QED) is 0.450. The molecule has 2 rings (SSSR count). The summed E-state index contributed by atoms with van der Waals surface area (Å²) in [4.78, 5) is 0. The molecule has 0 radical (unpaired) electrons. The first-order chi connectivity index (χ1) is 9.24. The van der Waals surface area contributed by atoms with Crippen LogP contribution in [0, 0.1) is 5.82 Å². The second-order valence-corrected chi connectivity index (χ2v) is 4.90. The van der Waals surface area contributed by atoms with Gasteiger partial charge in [0.25, 0.3) is 0 Å². The third kappa shape index (κ3) is 3.55. The molecule has 0 aliphatic carbocycles. The molecule has 0 fully saturated rings.